The number of amides is 1. The Bertz CT molecular complexity index is 2320. The first-order chi connectivity index (χ1) is 27.0. The maximum Gasteiger partial charge on any atom is 0.415 e. The molecule has 0 saturated carbocycles. The maximum absolute atomic E-state index is 17.5. The zero-order chi connectivity index (χ0) is 40.7. The first kappa shape index (κ1) is 39.2. The molecule has 16 heteroatoms. The summed E-state index contributed by atoms with van der Waals surface area (Å²) in [6, 6.07) is 6.74. The highest BCUT2D eigenvalue weighted by Crippen LogP contribution is 2.51. The van der Waals surface area contributed by atoms with Gasteiger partial charge in [0.2, 0.25) is 11.6 Å². The van der Waals surface area contributed by atoms with E-state index in [1.54, 1.807) is 26.8 Å². The van der Waals surface area contributed by atoms with Gasteiger partial charge in [0.1, 0.15) is 41.3 Å². The molecule has 2 unspecified atom stereocenters. The molecule has 4 aliphatic heterocycles. The van der Waals surface area contributed by atoms with Gasteiger partial charge in [-0.05, 0) is 75.4 Å². The van der Waals surface area contributed by atoms with Crippen LogP contribution in [-0.4, -0.2) is 101 Å². The van der Waals surface area contributed by atoms with Crippen LogP contribution in [0.25, 0.3) is 32.8 Å². The molecule has 4 atom stereocenters. The normalized spacial score (nSPS) is 25.9. The van der Waals surface area contributed by atoms with Crippen LogP contribution in [0.4, 0.5) is 32.6 Å². The van der Waals surface area contributed by atoms with Crippen LogP contribution in [0.5, 0.6) is 11.8 Å². The standard InChI is InChI=1S/C41H41ClF5N5O5/c1-6-26-30(44)9-8-23-14-25(56-22-54-5)15-27(31(23)26)32-29(42)16-28-34(33(32)45)48-36(55-21-39-10-7-13-51(39)18-24(43)17-39)49-35(28)50-19-40(46)11-12-41(47,20-50)52(40)37(53)57-38(2,3)4/h1,8-9,14-16,24H,7,10-13,17-22H2,2-5H3/t24-,39+,40?,41?/m1/s1. The predicted octanol–water partition coefficient (Wildman–Crippen LogP) is 8.48. The van der Waals surface area contributed by atoms with Crippen molar-refractivity contribution in [2.45, 2.75) is 81.8 Å². The predicted molar refractivity (Wildman–Crippen MR) is 204 cm³/mol. The number of aromatic nitrogens is 2. The van der Waals surface area contributed by atoms with E-state index in [2.05, 4.69) is 15.9 Å². The van der Waals surface area contributed by atoms with Crippen molar-refractivity contribution < 1.29 is 45.7 Å². The Balaban J connectivity index is 1.29. The third-order valence-corrected chi connectivity index (χ3v) is 11.6. The van der Waals surface area contributed by atoms with Crippen LogP contribution in [0.1, 0.15) is 58.4 Å². The second-order valence-electron chi connectivity index (χ2n) is 16.3. The van der Waals surface area contributed by atoms with Crippen LogP contribution in [-0.2, 0) is 9.47 Å². The number of terminal acetylenes is 1. The Hall–Kier alpha value is -4.65. The van der Waals surface area contributed by atoms with E-state index >= 15 is 17.6 Å². The molecule has 4 aliphatic rings. The lowest BCUT2D eigenvalue weighted by Crippen LogP contribution is -2.66. The van der Waals surface area contributed by atoms with Crippen molar-refractivity contribution in [3.05, 3.63) is 52.6 Å². The number of ether oxygens (including phenoxy) is 4. The zero-order valence-corrected chi connectivity index (χ0v) is 32.6. The van der Waals surface area contributed by atoms with Crippen LogP contribution in [0.2, 0.25) is 5.02 Å². The summed E-state index contributed by atoms with van der Waals surface area (Å²) in [4.78, 5) is 26.1. The highest BCUT2D eigenvalue weighted by atomic mass is 35.5. The lowest BCUT2D eigenvalue weighted by atomic mass is 9.93. The molecule has 5 heterocycles. The van der Waals surface area contributed by atoms with Gasteiger partial charge in [-0.25, -0.2) is 31.6 Å². The molecule has 3 aromatic carbocycles. The van der Waals surface area contributed by atoms with Gasteiger partial charge >= 0.3 is 12.1 Å². The van der Waals surface area contributed by atoms with Crippen molar-refractivity contribution in [2.24, 2.45) is 0 Å². The molecule has 1 aromatic heterocycles. The fraction of sp³-hybridized carbons (Fsp3) is 0.488. The van der Waals surface area contributed by atoms with E-state index in [1.807, 2.05) is 4.90 Å². The number of piperazine rings is 1. The van der Waals surface area contributed by atoms with E-state index in [1.165, 1.54) is 36.3 Å². The first-order valence-electron chi connectivity index (χ1n) is 18.7. The molecular weight excluding hydrogens is 773 g/mol. The summed E-state index contributed by atoms with van der Waals surface area (Å²) in [5.74, 6) is -4.29. The Labute approximate surface area is 331 Å². The van der Waals surface area contributed by atoms with E-state index in [0.29, 0.717) is 23.3 Å². The number of halogens is 6. The Morgan fingerprint density at radius 3 is 2.49 bits per heavy atom. The Morgan fingerprint density at radius 1 is 1.07 bits per heavy atom. The van der Waals surface area contributed by atoms with Crippen molar-refractivity contribution in [2.75, 3.05) is 51.6 Å². The van der Waals surface area contributed by atoms with Gasteiger partial charge in [-0.1, -0.05) is 23.6 Å². The van der Waals surface area contributed by atoms with Gasteiger partial charge in [0.15, 0.2) is 12.6 Å². The summed E-state index contributed by atoms with van der Waals surface area (Å²) in [5.41, 5.74) is -2.28. The lowest BCUT2D eigenvalue weighted by molar-refractivity contribution is -0.115. The fourth-order valence-electron chi connectivity index (χ4n) is 9.01. The largest absolute Gasteiger partial charge is 0.468 e. The molecule has 0 aliphatic carbocycles. The van der Waals surface area contributed by atoms with Crippen molar-refractivity contribution in [1.29, 1.82) is 0 Å². The summed E-state index contributed by atoms with van der Waals surface area (Å²) in [6.45, 7) is 4.43. The van der Waals surface area contributed by atoms with E-state index in [-0.39, 0.29) is 94.8 Å². The zero-order valence-electron chi connectivity index (χ0n) is 31.9. The smallest absolute Gasteiger partial charge is 0.415 e. The van der Waals surface area contributed by atoms with Crippen LogP contribution in [0.3, 0.4) is 0 Å². The van der Waals surface area contributed by atoms with Crippen molar-refractivity contribution >= 4 is 45.2 Å². The topological polar surface area (TPSA) is 89.5 Å². The molecule has 4 fully saturated rings. The van der Waals surface area contributed by atoms with Gasteiger partial charge in [-0.2, -0.15) is 9.97 Å². The summed E-state index contributed by atoms with van der Waals surface area (Å²) in [7, 11) is 1.43. The van der Waals surface area contributed by atoms with Gasteiger partial charge < -0.3 is 23.8 Å². The van der Waals surface area contributed by atoms with Gasteiger partial charge in [-0.15, -0.1) is 6.42 Å². The second kappa shape index (κ2) is 14.0. The summed E-state index contributed by atoms with van der Waals surface area (Å²) in [6.07, 6.45) is 4.62. The quantitative estimate of drug-likeness (QED) is 0.0753. The molecular formula is C41H41ClF5N5O5. The monoisotopic (exact) mass is 813 g/mol. The Morgan fingerprint density at radius 2 is 1.81 bits per heavy atom. The van der Waals surface area contributed by atoms with E-state index in [4.69, 9.17) is 37.0 Å². The van der Waals surface area contributed by atoms with E-state index in [9.17, 15) is 9.18 Å². The van der Waals surface area contributed by atoms with E-state index < -0.39 is 59.7 Å². The number of hydrogen-bond acceptors (Lipinski definition) is 9. The molecule has 10 nitrogen and oxygen atoms in total. The number of carbonyl (C=O) groups excluding carboxylic acids is 1. The Kier molecular flexibility index (Phi) is 9.64. The second-order valence-corrected chi connectivity index (χ2v) is 16.7. The van der Waals surface area contributed by atoms with Crippen LogP contribution in [0.15, 0.2) is 30.3 Å². The third kappa shape index (κ3) is 6.73. The molecule has 2 bridgehead atoms. The van der Waals surface area contributed by atoms with Crippen molar-refractivity contribution in [1.82, 2.24) is 19.8 Å². The molecule has 0 radical (unpaired) electrons. The fourth-order valence-corrected chi connectivity index (χ4v) is 9.31. The van der Waals surface area contributed by atoms with Gasteiger partial charge in [-0.3, -0.25) is 4.90 Å². The minimum atomic E-state index is -2.53. The average Bonchev–Trinajstić information content (AvgIpc) is 3.72. The number of fused-ring (bicyclic) bond motifs is 5. The number of hydrogen-bond donors (Lipinski definition) is 0. The van der Waals surface area contributed by atoms with Crippen molar-refractivity contribution in [3.63, 3.8) is 0 Å². The molecule has 0 spiro atoms. The molecule has 57 heavy (non-hydrogen) atoms. The molecule has 302 valence electrons. The molecule has 4 saturated heterocycles. The minimum absolute atomic E-state index is 0.0179. The maximum atomic E-state index is 17.5. The number of anilines is 1. The number of alkyl halides is 3. The summed E-state index contributed by atoms with van der Waals surface area (Å²) < 4.78 is 104. The van der Waals surface area contributed by atoms with Crippen LogP contribution >= 0.6 is 11.6 Å². The average molecular weight is 814 g/mol. The lowest BCUT2D eigenvalue weighted by Gasteiger charge is -2.47. The summed E-state index contributed by atoms with van der Waals surface area (Å²) in [5, 5.41) is 0.385. The number of carbonyl (C=O) groups is 1. The number of nitrogens with zero attached hydrogens (tertiary/aromatic N) is 5. The van der Waals surface area contributed by atoms with E-state index in [0.717, 1.165) is 6.42 Å². The first-order valence-corrected chi connectivity index (χ1v) is 19.1. The number of methoxy groups -OCH3 is 1. The number of benzene rings is 3. The number of rotatable bonds is 8. The molecule has 1 amide bonds. The molecule has 8 rings (SSSR count). The van der Waals surface area contributed by atoms with Crippen LogP contribution in [0, 0.1) is 24.0 Å². The van der Waals surface area contributed by atoms with Crippen molar-refractivity contribution in [3.8, 4) is 35.2 Å². The SMILES string of the molecule is C#Cc1c(F)ccc2cc(OCOC)cc(-c3c(Cl)cc4c(N5CC6(F)CCC(F)(C5)N6C(=O)OC(C)(C)C)nc(OC[C@@]56CCCN5C[C@H](F)C6)nc4c3F)c12. The summed E-state index contributed by atoms with van der Waals surface area (Å²) >= 11 is 6.94. The van der Waals surface area contributed by atoms with Gasteiger partial charge in [0.25, 0.3) is 0 Å². The highest BCUT2D eigenvalue weighted by molar-refractivity contribution is 6.35. The van der Waals surface area contributed by atoms with Gasteiger partial charge in [0, 0.05) is 49.3 Å². The van der Waals surface area contributed by atoms with Crippen LogP contribution < -0.4 is 14.4 Å². The molecule has 4 aromatic rings. The third-order valence-electron chi connectivity index (χ3n) is 11.3. The molecule has 0 N–H and O–H groups in total. The minimum Gasteiger partial charge on any atom is -0.468 e. The van der Waals surface area contributed by atoms with Gasteiger partial charge in [0.05, 0.1) is 29.2 Å². The highest BCUT2D eigenvalue weighted by Gasteiger charge is 2.65.